The van der Waals surface area contributed by atoms with Crippen LogP contribution in [-0.4, -0.2) is 22.4 Å². The number of thiocarbonyl (C=S) groups is 1. The summed E-state index contributed by atoms with van der Waals surface area (Å²) in [6.07, 6.45) is 1.84. The minimum Gasteiger partial charge on any atom is -0.371 e. The van der Waals surface area contributed by atoms with E-state index >= 15 is 0 Å². The van der Waals surface area contributed by atoms with Crippen molar-refractivity contribution >= 4 is 34.6 Å². The van der Waals surface area contributed by atoms with E-state index in [1.54, 1.807) is 6.92 Å². The molecule has 1 radical (unpaired) electrons. The van der Waals surface area contributed by atoms with Crippen LogP contribution in [-0.2, 0) is 4.79 Å². The van der Waals surface area contributed by atoms with Crippen molar-refractivity contribution in [2.75, 3.05) is 6.54 Å². The molecule has 0 aromatic carbocycles. The highest BCUT2D eigenvalue weighted by molar-refractivity contribution is 8.23. The molecule has 0 heterocycles. The normalized spacial score (nSPS) is 12.2. The first-order valence-electron chi connectivity index (χ1n) is 3.02. The van der Waals surface area contributed by atoms with Gasteiger partial charge in [-0.05, 0) is 13.8 Å². The summed E-state index contributed by atoms with van der Waals surface area (Å²) >= 11 is 6.19. The van der Waals surface area contributed by atoms with Gasteiger partial charge >= 0.3 is 0 Å². The maximum Gasteiger partial charge on any atom is 0.212 e. The first-order valence-corrected chi connectivity index (χ1v) is 4.31. The van der Waals surface area contributed by atoms with Crippen molar-refractivity contribution in [1.82, 2.24) is 5.32 Å². The third-order valence-electron chi connectivity index (χ3n) is 0.771. The van der Waals surface area contributed by atoms with Gasteiger partial charge in [0, 0.05) is 6.54 Å². The molecule has 1 atom stereocenters. The van der Waals surface area contributed by atoms with Crippen molar-refractivity contribution in [1.29, 1.82) is 0 Å². The molecule has 0 spiro atoms. The number of thioether (sulfide) groups is 1. The summed E-state index contributed by atoms with van der Waals surface area (Å²) in [7, 11) is 0. The molecule has 0 aromatic rings. The van der Waals surface area contributed by atoms with Gasteiger partial charge in [-0.25, -0.2) is 0 Å². The smallest absolute Gasteiger partial charge is 0.212 e. The van der Waals surface area contributed by atoms with Crippen LogP contribution in [0.25, 0.3) is 0 Å². The standard InChI is InChI=1S/C6H10NOS2/c1-3-7-6(9)10-5(2)4-8/h5H,3H2,1-2H3,(H,7,9). The zero-order valence-electron chi connectivity index (χ0n) is 6.01. The van der Waals surface area contributed by atoms with Crippen molar-refractivity contribution in [3.63, 3.8) is 0 Å². The van der Waals surface area contributed by atoms with E-state index in [0.29, 0.717) is 4.32 Å². The lowest BCUT2D eigenvalue weighted by Crippen LogP contribution is -2.19. The van der Waals surface area contributed by atoms with E-state index in [1.165, 1.54) is 11.8 Å². The average Bonchev–Trinajstić information content (AvgIpc) is 1.88. The van der Waals surface area contributed by atoms with Crippen molar-refractivity contribution < 1.29 is 4.79 Å². The summed E-state index contributed by atoms with van der Waals surface area (Å²) in [6, 6.07) is 0. The Morgan fingerprint density at radius 1 is 1.90 bits per heavy atom. The van der Waals surface area contributed by atoms with E-state index < -0.39 is 0 Å². The first-order chi connectivity index (χ1) is 4.70. The molecule has 0 fully saturated rings. The molecule has 0 aliphatic carbocycles. The van der Waals surface area contributed by atoms with E-state index in [4.69, 9.17) is 12.2 Å². The molecule has 2 nitrogen and oxygen atoms in total. The minimum absolute atomic E-state index is 0.161. The van der Waals surface area contributed by atoms with E-state index in [-0.39, 0.29) is 5.25 Å². The molecule has 10 heavy (non-hydrogen) atoms. The van der Waals surface area contributed by atoms with Gasteiger partial charge in [0.1, 0.15) is 4.32 Å². The van der Waals surface area contributed by atoms with Gasteiger partial charge in [-0.2, -0.15) is 0 Å². The molecule has 4 heteroatoms. The highest BCUT2D eigenvalue weighted by atomic mass is 32.2. The lowest BCUT2D eigenvalue weighted by molar-refractivity contribution is 0.555. The van der Waals surface area contributed by atoms with Crippen LogP contribution in [0.15, 0.2) is 0 Å². The molecular weight excluding hydrogens is 166 g/mol. The maximum absolute atomic E-state index is 10.0. The van der Waals surface area contributed by atoms with Crippen LogP contribution in [0, 0.1) is 0 Å². The Kier molecular flexibility index (Phi) is 5.63. The Labute approximate surface area is 70.8 Å². The molecule has 0 aliphatic heterocycles. The van der Waals surface area contributed by atoms with Crippen LogP contribution < -0.4 is 5.32 Å². The Hall–Kier alpha value is -0.0900. The monoisotopic (exact) mass is 176 g/mol. The Morgan fingerprint density at radius 3 is 2.90 bits per heavy atom. The molecule has 0 saturated carbocycles. The summed E-state index contributed by atoms with van der Waals surface area (Å²) in [5.74, 6) is 0. The molecule has 0 bridgehead atoms. The molecule has 1 N–H and O–H groups in total. The van der Waals surface area contributed by atoms with Gasteiger partial charge in [-0.15, -0.1) is 0 Å². The highest BCUT2D eigenvalue weighted by Crippen LogP contribution is 2.08. The van der Waals surface area contributed by atoms with Gasteiger partial charge in [-0.3, -0.25) is 4.79 Å². The maximum atomic E-state index is 10.0. The minimum atomic E-state index is -0.161. The molecule has 1 unspecified atom stereocenters. The average molecular weight is 176 g/mol. The summed E-state index contributed by atoms with van der Waals surface area (Å²) in [4.78, 5) is 10.0. The predicted octanol–water partition coefficient (Wildman–Crippen LogP) is 1.11. The quantitative estimate of drug-likeness (QED) is 0.652. The number of carbonyl (C=O) groups excluding carboxylic acids is 1. The second-order valence-electron chi connectivity index (χ2n) is 1.70. The van der Waals surface area contributed by atoms with Gasteiger partial charge in [-0.1, -0.05) is 24.0 Å². The van der Waals surface area contributed by atoms with Crippen LogP contribution in [0.2, 0.25) is 0 Å². The summed E-state index contributed by atoms with van der Waals surface area (Å²) in [5, 5.41) is 2.77. The van der Waals surface area contributed by atoms with Gasteiger partial charge < -0.3 is 5.32 Å². The zero-order valence-corrected chi connectivity index (χ0v) is 7.64. The van der Waals surface area contributed by atoms with Gasteiger partial charge in [0.25, 0.3) is 0 Å². The van der Waals surface area contributed by atoms with Crippen molar-refractivity contribution in [2.45, 2.75) is 19.1 Å². The second-order valence-corrected chi connectivity index (χ2v) is 3.71. The SMILES string of the molecule is CCNC(=S)SC(C)[C]=O. The fourth-order valence-electron chi connectivity index (χ4n) is 0.371. The highest BCUT2D eigenvalue weighted by Gasteiger charge is 2.03. The van der Waals surface area contributed by atoms with E-state index in [9.17, 15) is 4.79 Å². The summed E-state index contributed by atoms with van der Waals surface area (Å²) < 4.78 is 0.665. The zero-order chi connectivity index (χ0) is 7.98. The van der Waals surface area contributed by atoms with E-state index in [0.717, 1.165) is 6.54 Å². The number of hydrogen-bond acceptors (Lipinski definition) is 3. The van der Waals surface area contributed by atoms with Crippen LogP contribution in [0.5, 0.6) is 0 Å². The predicted molar refractivity (Wildman–Crippen MR) is 49.0 cm³/mol. The molecular formula is C6H10NOS2. The van der Waals surface area contributed by atoms with Gasteiger partial charge in [0.2, 0.25) is 6.29 Å². The third kappa shape index (κ3) is 4.76. The van der Waals surface area contributed by atoms with Crippen molar-refractivity contribution in [2.24, 2.45) is 0 Å². The number of rotatable bonds is 3. The second kappa shape index (κ2) is 5.68. The molecule has 57 valence electrons. The van der Waals surface area contributed by atoms with E-state index in [2.05, 4.69) is 5.32 Å². The van der Waals surface area contributed by atoms with Crippen LogP contribution in [0.1, 0.15) is 13.8 Å². The van der Waals surface area contributed by atoms with Crippen LogP contribution in [0.3, 0.4) is 0 Å². The lowest BCUT2D eigenvalue weighted by Gasteiger charge is -2.04. The fraction of sp³-hybridized carbons (Fsp3) is 0.667. The van der Waals surface area contributed by atoms with Gasteiger partial charge in [0.05, 0.1) is 5.25 Å². The number of hydrogen-bond donors (Lipinski definition) is 1. The largest absolute Gasteiger partial charge is 0.371 e. The first kappa shape index (κ1) is 9.91. The molecule has 0 saturated heterocycles. The lowest BCUT2D eigenvalue weighted by atomic mass is 10.5. The Balaban J connectivity index is 3.46. The van der Waals surface area contributed by atoms with Crippen LogP contribution in [0.4, 0.5) is 0 Å². The van der Waals surface area contributed by atoms with Gasteiger partial charge in [0.15, 0.2) is 0 Å². The molecule has 0 rings (SSSR count). The summed E-state index contributed by atoms with van der Waals surface area (Å²) in [5.41, 5.74) is 0. The van der Waals surface area contributed by atoms with Crippen molar-refractivity contribution in [3.05, 3.63) is 0 Å². The molecule has 0 aromatic heterocycles. The number of nitrogens with one attached hydrogen (secondary N) is 1. The third-order valence-corrected chi connectivity index (χ3v) is 2.01. The summed E-state index contributed by atoms with van der Waals surface area (Å²) in [6.45, 7) is 4.53. The van der Waals surface area contributed by atoms with Crippen LogP contribution >= 0.6 is 24.0 Å². The Bertz CT molecular complexity index is 127. The van der Waals surface area contributed by atoms with Crippen molar-refractivity contribution in [3.8, 4) is 0 Å². The topological polar surface area (TPSA) is 29.1 Å². The fourth-order valence-corrected chi connectivity index (χ4v) is 1.54. The molecule has 0 amide bonds. The van der Waals surface area contributed by atoms with E-state index in [1.807, 2.05) is 13.2 Å². The Morgan fingerprint density at radius 2 is 2.50 bits per heavy atom. The molecule has 0 aliphatic rings.